The fourth-order valence-electron chi connectivity index (χ4n) is 2.30. The van der Waals surface area contributed by atoms with Gasteiger partial charge in [-0.05, 0) is 49.1 Å². The van der Waals surface area contributed by atoms with Gasteiger partial charge in [0.2, 0.25) is 0 Å². The molecule has 2 rings (SSSR count). The zero-order chi connectivity index (χ0) is 12.3. The highest BCUT2D eigenvalue weighted by Crippen LogP contribution is 2.18. The van der Waals surface area contributed by atoms with Gasteiger partial charge in [-0.2, -0.15) is 11.8 Å². The number of benzene rings is 1. The minimum absolute atomic E-state index is 0.0676. The molecule has 0 aromatic heterocycles. The van der Waals surface area contributed by atoms with E-state index in [0.717, 1.165) is 17.7 Å². The van der Waals surface area contributed by atoms with E-state index < -0.39 is 0 Å². The summed E-state index contributed by atoms with van der Waals surface area (Å²) < 4.78 is 13.5. The second-order valence-corrected chi connectivity index (χ2v) is 5.99. The maximum Gasteiger partial charge on any atom is 0.129 e. The van der Waals surface area contributed by atoms with E-state index in [1.807, 2.05) is 37.7 Å². The van der Waals surface area contributed by atoms with Gasteiger partial charge in [-0.15, -0.1) is 0 Å². The smallest absolute Gasteiger partial charge is 0.129 e. The van der Waals surface area contributed by atoms with Crippen molar-refractivity contribution in [3.63, 3.8) is 0 Å². The lowest BCUT2D eigenvalue weighted by Gasteiger charge is -2.22. The van der Waals surface area contributed by atoms with E-state index >= 15 is 0 Å². The standard InChI is InChI=1S/C14H20FNS/c1-10-6-12(7-11(2)14(10)15)8-16-13-4-3-5-17-9-13/h6-7,13,16H,3-5,8-9H2,1-2H3. The largest absolute Gasteiger partial charge is 0.309 e. The molecule has 0 aliphatic carbocycles. The van der Waals surface area contributed by atoms with Gasteiger partial charge in [-0.3, -0.25) is 0 Å². The van der Waals surface area contributed by atoms with Crippen LogP contribution in [0.5, 0.6) is 0 Å². The quantitative estimate of drug-likeness (QED) is 0.885. The fraction of sp³-hybridized carbons (Fsp3) is 0.571. The average Bonchev–Trinajstić information content (AvgIpc) is 2.34. The van der Waals surface area contributed by atoms with Crippen molar-refractivity contribution in [2.45, 2.75) is 39.3 Å². The van der Waals surface area contributed by atoms with Crippen molar-refractivity contribution in [1.29, 1.82) is 0 Å². The average molecular weight is 253 g/mol. The second kappa shape index (κ2) is 5.87. The van der Waals surface area contributed by atoms with Crippen molar-refractivity contribution in [3.8, 4) is 0 Å². The molecule has 1 nitrogen and oxygen atoms in total. The molecule has 0 bridgehead atoms. The minimum Gasteiger partial charge on any atom is -0.309 e. The Morgan fingerprint density at radius 3 is 2.65 bits per heavy atom. The molecule has 0 saturated carbocycles. The summed E-state index contributed by atoms with van der Waals surface area (Å²) in [6.45, 7) is 4.53. The molecule has 0 spiro atoms. The van der Waals surface area contributed by atoms with Crippen molar-refractivity contribution in [2.24, 2.45) is 0 Å². The van der Waals surface area contributed by atoms with E-state index in [9.17, 15) is 4.39 Å². The molecule has 3 heteroatoms. The molecule has 1 aliphatic heterocycles. The van der Waals surface area contributed by atoms with Crippen molar-refractivity contribution < 1.29 is 4.39 Å². The minimum atomic E-state index is -0.0676. The van der Waals surface area contributed by atoms with Crippen LogP contribution in [0, 0.1) is 19.7 Å². The first-order valence-corrected chi connectivity index (χ1v) is 7.39. The van der Waals surface area contributed by atoms with Gasteiger partial charge in [0.1, 0.15) is 5.82 Å². The zero-order valence-electron chi connectivity index (χ0n) is 10.6. The van der Waals surface area contributed by atoms with Gasteiger partial charge in [-0.1, -0.05) is 12.1 Å². The number of thioether (sulfide) groups is 1. The Bertz CT molecular complexity index is 363. The van der Waals surface area contributed by atoms with Crippen molar-refractivity contribution in [1.82, 2.24) is 5.32 Å². The molecule has 0 amide bonds. The number of rotatable bonds is 3. The van der Waals surface area contributed by atoms with E-state index in [1.54, 1.807) is 0 Å². The fourth-order valence-corrected chi connectivity index (χ4v) is 3.41. The molecule has 1 saturated heterocycles. The molecule has 1 atom stereocenters. The van der Waals surface area contributed by atoms with Crippen LogP contribution in [0.3, 0.4) is 0 Å². The Morgan fingerprint density at radius 2 is 2.06 bits per heavy atom. The van der Waals surface area contributed by atoms with Gasteiger partial charge >= 0.3 is 0 Å². The molecule has 1 N–H and O–H groups in total. The SMILES string of the molecule is Cc1cc(CNC2CCCSC2)cc(C)c1F. The molecule has 0 radical (unpaired) electrons. The number of nitrogens with one attached hydrogen (secondary N) is 1. The highest BCUT2D eigenvalue weighted by molar-refractivity contribution is 7.99. The molecule has 1 unspecified atom stereocenters. The third-order valence-corrected chi connectivity index (χ3v) is 4.47. The van der Waals surface area contributed by atoms with Crippen molar-refractivity contribution in [2.75, 3.05) is 11.5 Å². The first-order chi connectivity index (χ1) is 8.16. The van der Waals surface area contributed by atoms with Gasteiger partial charge in [0.25, 0.3) is 0 Å². The first kappa shape index (κ1) is 12.9. The predicted molar refractivity (Wildman–Crippen MR) is 73.1 cm³/mol. The second-order valence-electron chi connectivity index (χ2n) is 4.84. The van der Waals surface area contributed by atoms with Crippen LogP contribution in [0.15, 0.2) is 12.1 Å². The molecule has 1 fully saturated rings. The van der Waals surface area contributed by atoms with E-state index in [-0.39, 0.29) is 5.82 Å². The zero-order valence-corrected chi connectivity index (χ0v) is 11.4. The third kappa shape index (κ3) is 3.46. The molecule has 94 valence electrons. The van der Waals surface area contributed by atoms with Crippen LogP contribution < -0.4 is 5.32 Å². The summed E-state index contributed by atoms with van der Waals surface area (Å²) in [5.41, 5.74) is 2.69. The lowest BCUT2D eigenvalue weighted by molar-refractivity contribution is 0.507. The van der Waals surface area contributed by atoms with Crippen molar-refractivity contribution in [3.05, 3.63) is 34.6 Å². The van der Waals surface area contributed by atoms with Crippen molar-refractivity contribution >= 4 is 11.8 Å². The Kier molecular flexibility index (Phi) is 4.46. The number of halogens is 1. The highest BCUT2D eigenvalue weighted by Gasteiger charge is 2.13. The highest BCUT2D eigenvalue weighted by atomic mass is 32.2. The predicted octanol–water partition coefficient (Wildman–Crippen LogP) is 3.43. The van der Waals surface area contributed by atoms with Crippen LogP contribution in [0.2, 0.25) is 0 Å². The van der Waals surface area contributed by atoms with E-state index in [4.69, 9.17) is 0 Å². The summed E-state index contributed by atoms with van der Waals surface area (Å²) in [6.07, 6.45) is 2.58. The summed E-state index contributed by atoms with van der Waals surface area (Å²) in [7, 11) is 0. The van der Waals surface area contributed by atoms with Gasteiger partial charge in [-0.25, -0.2) is 4.39 Å². The van der Waals surface area contributed by atoms with Crippen LogP contribution in [0.1, 0.15) is 29.5 Å². The van der Waals surface area contributed by atoms with Crippen LogP contribution in [0.25, 0.3) is 0 Å². The summed E-state index contributed by atoms with van der Waals surface area (Å²) in [6, 6.07) is 4.52. The number of hydrogen-bond acceptors (Lipinski definition) is 2. The van der Waals surface area contributed by atoms with Crippen LogP contribution in [-0.4, -0.2) is 17.5 Å². The monoisotopic (exact) mass is 253 g/mol. The molecule has 1 aromatic rings. The summed E-state index contributed by atoms with van der Waals surface area (Å²) in [4.78, 5) is 0. The van der Waals surface area contributed by atoms with E-state index in [2.05, 4.69) is 5.32 Å². The Labute approximate surface area is 107 Å². The van der Waals surface area contributed by atoms with E-state index in [0.29, 0.717) is 6.04 Å². The Balaban J connectivity index is 1.94. The molecule has 1 aromatic carbocycles. The first-order valence-electron chi connectivity index (χ1n) is 6.23. The van der Waals surface area contributed by atoms with Crippen LogP contribution in [-0.2, 0) is 6.54 Å². The lowest BCUT2D eigenvalue weighted by atomic mass is 10.1. The number of aryl methyl sites for hydroxylation is 2. The third-order valence-electron chi connectivity index (χ3n) is 3.25. The maximum absolute atomic E-state index is 13.5. The van der Waals surface area contributed by atoms with Gasteiger partial charge in [0.15, 0.2) is 0 Å². The normalized spacial score (nSPS) is 20.5. The topological polar surface area (TPSA) is 12.0 Å². The molecule has 1 aliphatic rings. The van der Waals surface area contributed by atoms with Crippen LogP contribution >= 0.6 is 11.8 Å². The summed E-state index contributed by atoms with van der Waals surface area (Å²) in [5, 5.41) is 3.57. The molecular formula is C14H20FNS. The molecule has 1 heterocycles. The summed E-state index contributed by atoms with van der Waals surface area (Å²) in [5.74, 6) is 2.44. The Morgan fingerprint density at radius 1 is 1.35 bits per heavy atom. The Hall–Kier alpha value is -0.540. The maximum atomic E-state index is 13.5. The molecule has 17 heavy (non-hydrogen) atoms. The van der Waals surface area contributed by atoms with Crippen LogP contribution in [0.4, 0.5) is 4.39 Å². The van der Waals surface area contributed by atoms with E-state index in [1.165, 1.54) is 29.9 Å². The van der Waals surface area contributed by atoms with Gasteiger partial charge in [0.05, 0.1) is 0 Å². The van der Waals surface area contributed by atoms with Gasteiger partial charge in [0, 0.05) is 18.3 Å². The lowest BCUT2D eigenvalue weighted by Crippen LogP contribution is -2.33. The van der Waals surface area contributed by atoms with Gasteiger partial charge < -0.3 is 5.32 Å². The molecular weight excluding hydrogens is 233 g/mol. The number of hydrogen-bond donors (Lipinski definition) is 1. The summed E-state index contributed by atoms with van der Waals surface area (Å²) >= 11 is 2.02.